The van der Waals surface area contributed by atoms with Crippen LogP contribution in [0.5, 0.6) is 0 Å². The number of alkyl halides is 1. The Morgan fingerprint density at radius 2 is 2.09 bits per heavy atom. The lowest BCUT2D eigenvalue weighted by Crippen LogP contribution is -2.26. The number of benzene rings is 1. The monoisotopic (exact) mass is 303 g/mol. The lowest BCUT2D eigenvalue weighted by molar-refractivity contribution is -0.150. The fourth-order valence-electron chi connectivity index (χ4n) is 2.41. The Morgan fingerprint density at radius 3 is 2.68 bits per heavy atom. The Morgan fingerprint density at radius 1 is 1.41 bits per heavy atom. The van der Waals surface area contributed by atoms with Crippen molar-refractivity contribution in [2.45, 2.75) is 38.8 Å². The van der Waals surface area contributed by atoms with Gasteiger partial charge >= 0.3 is 5.97 Å². The summed E-state index contributed by atoms with van der Waals surface area (Å²) in [5, 5.41) is 7.83. The van der Waals surface area contributed by atoms with Crippen LogP contribution in [-0.4, -0.2) is 24.5 Å². The first-order chi connectivity index (χ1) is 10.6. The molecule has 22 heavy (non-hydrogen) atoms. The minimum Gasteiger partial charge on any atom is -0.466 e. The van der Waals surface area contributed by atoms with Crippen LogP contribution in [0.3, 0.4) is 0 Å². The van der Waals surface area contributed by atoms with Gasteiger partial charge in [0.1, 0.15) is 6.17 Å². The summed E-state index contributed by atoms with van der Waals surface area (Å²) in [4.78, 5) is 11.8. The third-order valence-electron chi connectivity index (χ3n) is 3.96. The minimum atomic E-state index is -1.38. The van der Waals surface area contributed by atoms with E-state index in [2.05, 4.69) is 0 Å². The van der Waals surface area contributed by atoms with Gasteiger partial charge in [0.05, 0.1) is 12.0 Å². The van der Waals surface area contributed by atoms with E-state index in [4.69, 9.17) is 10.1 Å². The molecule has 2 rings (SSSR count). The van der Waals surface area contributed by atoms with Crippen molar-refractivity contribution in [1.82, 2.24) is 0 Å². The summed E-state index contributed by atoms with van der Waals surface area (Å²) < 4.78 is 19.2. The van der Waals surface area contributed by atoms with Gasteiger partial charge in [0.2, 0.25) is 0 Å². The summed E-state index contributed by atoms with van der Waals surface area (Å²) >= 11 is 0. The summed E-state index contributed by atoms with van der Waals surface area (Å²) in [5.74, 6) is -0.315. The van der Waals surface area contributed by atoms with E-state index in [-0.39, 0.29) is 24.5 Å². The molecule has 0 aliphatic heterocycles. The third kappa shape index (κ3) is 4.26. The van der Waals surface area contributed by atoms with Crippen molar-refractivity contribution in [3.05, 3.63) is 42.0 Å². The highest BCUT2D eigenvalue weighted by molar-refractivity contribution is 5.89. The molecular formula is C18H22FNO2. The molecule has 0 spiro atoms. The molecule has 4 heteroatoms. The van der Waals surface area contributed by atoms with Crippen molar-refractivity contribution in [2.75, 3.05) is 6.61 Å². The lowest BCUT2D eigenvalue weighted by atomic mass is 9.95. The molecule has 0 bridgehead atoms. The first-order valence-corrected chi connectivity index (χ1v) is 7.67. The van der Waals surface area contributed by atoms with Crippen molar-refractivity contribution in [3.8, 4) is 0 Å². The molecule has 0 amide bonds. The second kappa shape index (κ2) is 7.34. The maximum atomic E-state index is 14.2. The molecule has 1 aliphatic carbocycles. The van der Waals surface area contributed by atoms with Gasteiger partial charge in [-0.1, -0.05) is 42.5 Å². The Bertz CT molecular complexity index is 549. The molecule has 0 aromatic heterocycles. The number of allylic oxidation sites excluding steroid dienone is 1. The van der Waals surface area contributed by atoms with Crippen molar-refractivity contribution in [2.24, 2.45) is 5.41 Å². The zero-order chi connectivity index (χ0) is 16.0. The molecule has 0 heterocycles. The molecule has 1 aromatic rings. The summed E-state index contributed by atoms with van der Waals surface area (Å²) in [6.07, 6.45) is 3.94. The standard InChI is InChI=1S/C18H22FNO2/c1-2-22-17(21)18(11-12-18)13-15(19)16(20)10-6-9-14-7-4-3-5-8-14/h3-9,15,20H,2,10-13H2,1H3/t15-/m0/s1. The predicted molar refractivity (Wildman–Crippen MR) is 85.6 cm³/mol. The number of carbonyl (C=O) groups excluding carboxylic acids is 1. The van der Waals surface area contributed by atoms with E-state index in [9.17, 15) is 9.18 Å². The van der Waals surface area contributed by atoms with Crippen LogP contribution >= 0.6 is 0 Å². The van der Waals surface area contributed by atoms with Crippen LogP contribution < -0.4 is 0 Å². The van der Waals surface area contributed by atoms with Crippen LogP contribution in [0, 0.1) is 10.8 Å². The van der Waals surface area contributed by atoms with Crippen molar-refractivity contribution >= 4 is 17.8 Å². The number of hydrogen-bond acceptors (Lipinski definition) is 3. The highest BCUT2D eigenvalue weighted by Crippen LogP contribution is 2.51. The molecule has 1 atom stereocenters. The summed E-state index contributed by atoms with van der Waals surface area (Å²) in [6, 6.07) is 9.69. The smallest absolute Gasteiger partial charge is 0.312 e. The number of halogens is 1. The van der Waals surface area contributed by atoms with Crippen LogP contribution in [0.1, 0.15) is 38.2 Å². The molecule has 1 aromatic carbocycles. The van der Waals surface area contributed by atoms with E-state index in [0.29, 0.717) is 19.4 Å². The summed E-state index contributed by atoms with van der Waals surface area (Å²) in [7, 11) is 0. The molecule has 3 nitrogen and oxygen atoms in total. The van der Waals surface area contributed by atoms with Gasteiger partial charge in [0.25, 0.3) is 0 Å². The van der Waals surface area contributed by atoms with Gasteiger partial charge in [-0.2, -0.15) is 0 Å². The molecular weight excluding hydrogens is 281 g/mol. The Balaban J connectivity index is 1.83. The highest BCUT2D eigenvalue weighted by atomic mass is 19.1. The third-order valence-corrected chi connectivity index (χ3v) is 3.96. The molecule has 1 aliphatic rings. The SMILES string of the molecule is CCOC(=O)C1(C[C@H](F)C(=N)CC=Cc2ccccc2)CC1. The van der Waals surface area contributed by atoms with Crippen LogP contribution in [0.2, 0.25) is 0 Å². The first-order valence-electron chi connectivity index (χ1n) is 7.67. The number of nitrogens with one attached hydrogen (secondary N) is 1. The van der Waals surface area contributed by atoms with Crippen LogP contribution in [0.15, 0.2) is 36.4 Å². The van der Waals surface area contributed by atoms with Gasteiger partial charge in [0, 0.05) is 18.6 Å². The predicted octanol–water partition coefficient (Wildman–Crippen LogP) is 4.18. The number of ether oxygens (including phenoxy) is 1. The van der Waals surface area contributed by atoms with Gasteiger partial charge in [0.15, 0.2) is 0 Å². The van der Waals surface area contributed by atoms with Gasteiger partial charge < -0.3 is 10.1 Å². The van der Waals surface area contributed by atoms with Gasteiger partial charge in [-0.15, -0.1) is 0 Å². The molecule has 1 N–H and O–H groups in total. The molecule has 1 saturated carbocycles. The fourth-order valence-corrected chi connectivity index (χ4v) is 2.41. The Hall–Kier alpha value is -1.97. The number of esters is 1. The molecule has 0 unspecified atom stereocenters. The normalized spacial score (nSPS) is 17.2. The van der Waals surface area contributed by atoms with Gasteiger partial charge in [-0.3, -0.25) is 4.79 Å². The van der Waals surface area contributed by atoms with E-state index < -0.39 is 11.6 Å². The van der Waals surface area contributed by atoms with E-state index in [1.807, 2.05) is 36.4 Å². The van der Waals surface area contributed by atoms with Crippen molar-refractivity contribution in [3.63, 3.8) is 0 Å². The Labute approximate surface area is 130 Å². The molecule has 1 fully saturated rings. The van der Waals surface area contributed by atoms with Crippen LogP contribution in [0.4, 0.5) is 4.39 Å². The van der Waals surface area contributed by atoms with Crippen molar-refractivity contribution in [1.29, 1.82) is 5.41 Å². The average molecular weight is 303 g/mol. The summed E-state index contributed by atoms with van der Waals surface area (Å²) in [5.41, 5.74) is 0.365. The largest absolute Gasteiger partial charge is 0.466 e. The van der Waals surface area contributed by atoms with Gasteiger partial charge in [-0.05, 0) is 25.3 Å². The molecule has 118 valence electrons. The minimum absolute atomic E-state index is 0.0164. The topological polar surface area (TPSA) is 50.2 Å². The zero-order valence-corrected chi connectivity index (χ0v) is 12.8. The quantitative estimate of drug-likeness (QED) is 0.578. The van der Waals surface area contributed by atoms with E-state index in [0.717, 1.165) is 5.56 Å². The van der Waals surface area contributed by atoms with Crippen LogP contribution in [0.25, 0.3) is 6.08 Å². The maximum Gasteiger partial charge on any atom is 0.312 e. The Kier molecular flexibility index (Phi) is 5.47. The van der Waals surface area contributed by atoms with Crippen molar-refractivity contribution < 1.29 is 13.9 Å². The second-order valence-electron chi connectivity index (χ2n) is 5.71. The molecule has 0 radical (unpaired) electrons. The number of hydrogen-bond donors (Lipinski definition) is 1. The zero-order valence-electron chi connectivity index (χ0n) is 12.8. The fraction of sp³-hybridized carbons (Fsp3) is 0.444. The van der Waals surface area contributed by atoms with E-state index in [1.165, 1.54) is 0 Å². The maximum absolute atomic E-state index is 14.2. The first kappa shape index (κ1) is 16.4. The lowest BCUT2D eigenvalue weighted by Gasteiger charge is -2.16. The van der Waals surface area contributed by atoms with E-state index in [1.54, 1.807) is 13.0 Å². The van der Waals surface area contributed by atoms with Crippen LogP contribution in [-0.2, 0) is 9.53 Å². The second-order valence-corrected chi connectivity index (χ2v) is 5.71. The number of carbonyl (C=O) groups is 1. The van der Waals surface area contributed by atoms with E-state index >= 15 is 0 Å². The van der Waals surface area contributed by atoms with Gasteiger partial charge in [-0.25, -0.2) is 4.39 Å². The number of rotatable bonds is 8. The summed E-state index contributed by atoms with van der Waals surface area (Å²) in [6.45, 7) is 2.06. The average Bonchev–Trinajstić information content (AvgIpc) is 3.29. The highest BCUT2D eigenvalue weighted by Gasteiger charge is 2.52. The molecule has 0 saturated heterocycles.